The fourth-order valence-electron chi connectivity index (χ4n) is 4.76. The molecule has 1 saturated carbocycles. The zero-order valence-corrected chi connectivity index (χ0v) is 18.2. The molecule has 1 aliphatic heterocycles. The number of aromatic nitrogens is 1. The van der Waals surface area contributed by atoms with E-state index < -0.39 is 0 Å². The summed E-state index contributed by atoms with van der Waals surface area (Å²) in [5.41, 5.74) is 2.59. The molecule has 2 heterocycles. The summed E-state index contributed by atoms with van der Waals surface area (Å²) in [6.07, 6.45) is 6.29. The summed E-state index contributed by atoms with van der Waals surface area (Å²) < 4.78 is 4.93. The van der Waals surface area contributed by atoms with Gasteiger partial charge in [0.05, 0.1) is 12.7 Å². The molecule has 1 aliphatic carbocycles. The zero-order valence-electron chi connectivity index (χ0n) is 17.4. The van der Waals surface area contributed by atoms with Crippen molar-refractivity contribution >= 4 is 23.6 Å². The third kappa shape index (κ3) is 4.25. The molecule has 0 aromatic carbocycles. The maximum absolute atomic E-state index is 13.1. The molecule has 2 N–H and O–H groups in total. The van der Waals surface area contributed by atoms with Crippen molar-refractivity contribution in [2.45, 2.75) is 57.9 Å². The molecule has 0 bridgehead atoms. The average molecular weight is 408 g/mol. The third-order valence-corrected chi connectivity index (χ3v) is 7.14. The van der Waals surface area contributed by atoms with Crippen molar-refractivity contribution in [3.63, 3.8) is 0 Å². The fourth-order valence-corrected chi connectivity index (χ4v) is 5.66. The Bertz CT molecular complexity index is 704. The first kappa shape index (κ1) is 21.2. The van der Waals surface area contributed by atoms with Gasteiger partial charge in [-0.1, -0.05) is 26.2 Å². The van der Waals surface area contributed by atoms with E-state index in [1.54, 1.807) is 0 Å². The number of H-pyrrole nitrogens is 1. The third-order valence-electron chi connectivity index (χ3n) is 6.20. The van der Waals surface area contributed by atoms with Crippen LogP contribution in [0.5, 0.6) is 0 Å². The largest absolute Gasteiger partial charge is 0.465 e. The molecule has 0 atom stereocenters. The number of hydrogen-bond donors (Lipinski definition) is 2. The number of aromatic amines is 1. The topological polar surface area (TPSA) is 74.4 Å². The molecule has 0 radical (unpaired) electrons. The molecule has 1 aromatic heterocycles. The highest BCUT2D eigenvalue weighted by molar-refractivity contribution is 7.99. The number of nitrogens with one attached hydrogen (secondary N) is 2. The van der Waals surface area contributed by atoms with Crippen LogP contribution < -0.4 is 5.32 Å². The molecule has 7 heteroatoms. The van der Waals surface area contributed by atoms with E-state index >= 15 is 0 Å². The van der Waals surface area contributed by atoms with Crippen molar-refractivity contribution in [1.82, 2.24) is 15.2 Å². The Labute approximate surface area is 172 Å². The lowest BCUT2D eigenvalue weighted by atomic mass is 9.94. The number of carbonyl (C=O) groups is 2. The van der Waals surface area contributed by atoms with E-state index in [9.17, 15) is 9.59 Å². The van der Waals surface area contributed by atoms with Crippen LogP contribution in [0.15, 0.2) is 0 Å². The molecular weight excluding hydrogens is 374 g/mol. The molecule has 156 valence electrons. The van der Waals surface area contributed by atoms with Gasteiger partial charge < -0.3 is 15.0 Å². The molecule has 1 amide bonds. The number of ether oxygens (including phenoxy) is 1. The van der Waals surface area contributed by atoms with Crippen LogP contribution in [-0.4, -0.2) is 65.5 Å². The van der Waals surface area contributed by atoms with Gasteiger partial charge in [-0.25, -0.2) is 4.79 Å². The minimum absolute atomic E-state index is 0.0916. The lowest BCUT2D eigenvalue weighted by Crippen LogP contribution is -2.56. The molecule has 3 rings (SSSR count). The molecule has 2 fully saturated rings. The maximum Gasteiger partial charge on any atom is 0.339 e. The van der Waals surface area contributed by atoms with E-state index in [4.69, 9.17) is 4.74 Å². The van der Waals surface area contributed by atoms with E-state index in [2.05, 4.69) is 15.2 Å². The maximum atomic E-state index is 13.1. The molecule has 1 saturated heterocycles. The van der Waals surface area contributed by atoms with Crippen molar-refractivity contribution in [3.05, 3.63) is 22.5 Å². The van der Waals surface area contributed by atoms with Crippen molar-refractivity contribution in [1.29, 1.82) is 0 Å². The predicted molar refractivity (Wildman–Crippen MR) is 113 cm³/mol. The number of thioether (sulfide) groups is 1. The Balaban J connectivity index is 1.77. The smallest absolute Gasteiger partial charge is 0.339 e. The first-order chi connectivity index (χ1) is 13.5. The molecule has 2 aliphatic rings. The second-order valence-corrected chi connectivity index (χ2v) is 9.16. The fraction of sp³-hybridized carbons (Fsp3) is 0.714. The second kappa shape index (κ2) is 9.35. The summed E-state index contributed by atoms with van der Waals surface area (Å²) in [5.74, 6) is 1.86. The van der Waals surface area contributed by atoms with Gasteiger partial charge in [0, 0.05) is 42.4 Å². The van der Waals surface area contributed by atoms with Crippen molar-refractivity contribution < 1.29 is 14.3 Å². The van der Waals surface area contributed by atoms with E-state index in [0.717, 1.165) is 37.9 Å². The highest BCUT2D eigenvalue weighted by atomic mass is 32.2. The SMILES string of the molecule is CCCc1c(C(=O)NCC2(N3CCSCC3)CCCC2)[nH]c(C)c1C(=O)OC. The number of carbonyl (C=O) groups excluding carboxylic acids is 2. The van der Waals surface area contributed by atoms with Gasteiger partial charge in [0.1, 0.15) is 5.69 Å². The van der Waals surface area contributed by atoms with Gasteiger partial charge in [0.15, 0.2) is 0 Å². The molecule has 1 aromatic rings. The van der Waals surface area contributed by atoms with Gasteiger partial charge >= 0.3 is 5.97 Å². The van der Waals surface area contributed by atoms with Crippen molar-refractivity contribution in [2.24, 2.45) is 0 Å². The quantitative estimate of drug-likeness (QED) is 0.679. The zero-order chi connectivity index (χ0) is 20.1. The van der Waals surface area contributed by atoms with Gasteiger partial charge in [0.2, 0.25) is 0 Å². The van der Waals surface area contributed by atoms with Gasteiger partial charge in [-0.05, 0) is 31.7 Å². The second-order valence-electron chi connectivity index (χ2n) is 7.93. The van der Waals surface area contributed by atoms with Crippen LogP contribution in [0.4, 0.5) is 0 Å². The minimum Gasteiger partial charge on any atom is -0.465 e. The molecule has 0 unspecified atom stereocenters. The number of methoxy groups -OCH3 is 1. The molecular formula is C21H33N3O3S. The Morgan fingerprint density at radius 1 is 1.25 bits per heavy atom. The summed E-state index contributed by atoms with van der Waals surface area (Å²) in [7, 11) is 1.38. The summed E-state index contributed by atoms with van der Waals surface area (Å²) in [6, 6.07) is 0. The number of amides is 1. The van der Waals surface area contributed by atoms with E-state index in [1.165, 1.54) is 31.5 Å². The highest BCUT2D eigenvalue weighted by Crippen LogP contribution is 2.36. The monoisotopic (exact) mass is 407 g/mol. The minimum atomic E-state index is -0.380. The van der Waals surface area contributed by atoms with Crippen molar-refractivity contribution in [2.75, 3.05) is 38.2 Å². The van der Waals surface area contributed by atoms with E-state index in [-0.39, 0.29) is 17.4 Å². The first-order valence-electron chi connectivity index (χ1n) is 10.4. The van der Waals surface area contributed by atoms with Gasteiger partial charge in [0.25, 0.3) is 5.91 Å². The highest BCUT2D eigenvalue weighted by Gasteiger charge is 2.40. The van der Waals surface area contributed by atoms with Gasteiger partial charge in [-0.3, -0.25) is 9.69 Å². The number of esters is 1. The Morgan fingerprint density at radius 2 is 1.93 bits per heavy atom. The standard InChI is InChI=1S/C21H33N3O3S/c1-4-7-16-17(20(26)27-3)15(2)23-18(16)19(25)22-14-21(8-5-6-9-21)24-10-12-28-13-11-24/h23H,4-14H2,1-3H3,(H,22,25). The Morgan fingerprint density at radius 3 is 2.54 bits per heavy atom. The first-order valence-corrected chi connectivity index (χ1v) is 11.6. The number of rotatable bonds is 7. The number of aryl methyl sites for hydroxylation is 1. The summed E-state index contributed by atoms with van der Waals surface area (Å²) in [4.78, 5) is 31.0. The van der Waals surface area contributed by atoms with Crippen LogP contribution in [0, 0.1) is 6.92 Å². The summed E-state index contributed by atoms with van der Waals surface area (Å²) >= 11 is 2.02. The Kier molecular flexibility index (Phi) is 7.10. The van der Waals surface area contributed by atoms with Crippen LogP contribution in [0.1, 0.15) is 71.1 Å². The van der Waals surface area contributed by atoms with Crippen LogP contribution in [-0.2, 0) is 11.2 Å². The normalized spacial score (nSPS) is 19.5. The van der Waals surface area contributed by atoms with Crippen LogP contribution >= 0.6 is 11.8 Å². The Hall–Kier alpha value is -1.47. The van der Waals surface area contributed by atoms with E-state index in [0.29, 0.717) is 29.9 Å². The van der Waals surface area contributed by atoms with Crippen LogP contribution in [0.3, 0.4) is 0 Å². The van der Waals surface area contributed by atoms with Gasteiger partial charge in [-0.15, -0.1) is 0 Å². The summed E-state index contributed by atoms with van der Waals surface area (Å²) in [5, 5.41) is 3.20. The van der Waals surface area contributed by atoms with Crippen LogP contribution in [0.25, 0.3) is 0 Å². The van der Waals surface area contributed by atoms with E-state index in [1.807, 2.05) is 25.6 Å². The number of nitrogens with zero attached hydrogens (tertiary/aromatic N) is 1. The number of hydrogen-bond acceptors (Lipinski definition) is 5. The lowest BCUT2D eigenvalue weighted by molar-refractivity contribution is 0.0599. The van der Waals surface area contributed by atoms with Crippen molar-refractivity contribution in [3.8, 4) is 0 Å². The average Bonchev–Trinajstić information content (AvgIpc) is 3.32. The summed E-state index contributed by atoms with van der Waals surface area (Å²) in [6.45, 7) is 6.76. The molecule has 0 spiro atoms. The molecule has 28 heavy (non-hydrogen) atoms. The van der Waals surface area contributed by atoms with Crippen LogP contribution in [0.2, 0.25) is 0 Å². The molecule has 6 nitrogen and oxygen atoms in total. The van der Waals surface area contributed by atoms with Gasteiger partial charge in [-0.2, -0.15) is 11.8 Å². The predicted octanol–water partition coefficient (Wildman–Crippen LogP) is 3.15. The lowest BCUT2D eigenvalue weighted by Gasteiger charge is -2.43.